The Hall–Kier alpha value is -1.35. The third-order valence-electron chi connectivity index (χ3n) is 5.74. The average molecular weight is 284 g/mol. The second-order valence-corrected chi connectivity index (χ2v) is 6.85. The first-order valence-corrected chi connectivity index (χ1v) is 8.41. The van der Waals surface area contributed by atoms with E-state index in [-0.39, 0.29) is 5.91 Å². The fourth-order valence-corrected chi connectivity index (χ4v) is 4.65. The third kappa shape index (κ3) is 2.10. The van der Waals surface area contributed by atoms with E-state index in [4.69, 9.17) is 0 Å². The molecule has 3 heteroatoms. The SMILES string of the molecule is CCC1C2CNCC2CN1C(=O)c1ccc2c(c1)CCC2. The standard InChI is InChI=1S/C18H24N2O/c1-2-17-16-10-19-9-15(16)11-20(17)18(21)14-7-6-12-4-3-5-13(12)8-14/h6-8,15-17,19H,2-5,9-11H2,1H3. The molecule has 2 aliphatic heterocycles. The molecule has 0 bridgehead atoms. The Morgan fingerprint density at radius 1 is 1.29 bits per heavy atom. The van der Waals surface area contributed by atoms with Crippen molar-refractivity contribution in [2.45, 2.75) is 38.6 Å². The van der Waals surface area contributed by atoms with E-state index in [9.17, 15) is 4.79 Å². The van der Waals surface area contributed by atoms with Crippen LogP contribution in [0.4, 0.5) is 0 Å². The predicted octanol–water partition coefficient (Wildman–Crippen LogP) is 2.25. The number of nitrogens with zero attached hydrogens (tertiary/aromatic N) is 1. The zero-order chi connectivity index (χ0) is 14.4. The molecule has 3 nitrogen and oxygen atoms in total. The Kier molecular flexibility index (Phi) is 3.26. The number of fused-ring (bicyclic) bond motifs is 2. The van der Waals surface area contributed by atoms with Crippen molar-refractivity contribution in [3.63, 3.8) is 0 Å². The van der Waals surface area contributed by atoms with E-state index < -0.39 is 0 Å². The summed E-state index contributed by atoms with van der Waals surface area (Å²) in [5.41, 5.74) is 3.75. The highest BCUT2D eigenvalue weighted by Crippen LogP contribution is 2.35. The van der Waals surface area contributed by atoms with Crippen molar-refractivity contribution in [1.82, 2.24) is 10.2 Å². The minimum atomic E-state index is 0.256. The molecule has 0 aromatic heterocycles. The van der Waals surface area contributed by atoms with Gasteiger partial charge in [0.1, 0.15) is 0 Å². The Morgan fingerprint density at radius 2 is 2.14 bits per heavy atom. The number of carbonyl (C=O) groups is 1. The van der Waals surface area contributed by atoms with Gasteiger partial charge in [-0.05, 0) is 60.8 Å². The molecule has 0 saturated carbocycles. The summed E-state index contributed by atoms with van der Waals surface area (Å²) in [5, 5.41) is 3.48. The monoisotopic (exact) mass is 284 g/mol. The number of benzene rings is 1. The maximum atomic E-state index is 13.0. The van der Waals surface area contributed by atoms with Gasteiger partial charge in [-0.2, -0.15) is 0 Å². The molecular weight excluding hydrogens is 260 g/mol. The Labute approximate surface area is 126 Å². The van der Waals surface area contributed by atoms with Gasteiger partial charge in [0.2, 0.25) is 0 Å². The highest BCUT2D eigenvalue weighted by atomic mass is 16.2. The lowest BCUT2D eigenvalue weighted by atomic mass is 9.93. The zero-order valence-corrected chi connectivity index (χ0v) is 12.8. The topological polar surface area (TPSA) is 32.3 Å². The van der Waals surface area contributed by atoms with E-state index in [2.05, 4.69) is 29.3 Å². The van der Waals surface area contributed by atoms with E-state index in [1.165, 1.54) is 24.0 Å². The van der Waals surface area contributed by atoms with Crippen molar-refractivity contribution >= 4 is 5.91 Å². The normalized spacial score (nSPS) is 30.5. The minimum Gasteiger partial charge on any atom is -0.335 e. The molecule has 3 unspecified atom stereocenters. The first-order valence-electron chi connectivity index (χ1n) is 8.41. The maximum absolute atomic E-state index is 13.0. The maximum Gasteiger partial charge on any atom is 0.254 e. The molecule has 1 aromatic carbocycles. The number of rotatable bonds is 2. The number of carbonyl (C=O) groups excluding carboxylic acids is 1. The van der Waals surface area contributed by atoms with E-state index in [0.717, 1.165) is 38.0 Å². The lowest BCUT2D eigenvalue weighted by Gasteiger charge is -2.27. The first-order chi connectivity index (χ1) is 10.3. The summed E-state index contributed by atoms with van der Waals surface area (Å²) in [7, 11) is 0. The van der Waals surface area contributed by atoms with Gasteiger partial charge < -0.3 is 10.2 Å². The fraction of sp³-hybridized carbons (Fsp3) is 0.611. The van der Waals surface area contributed by atoms with Crippen molar-refractivity contribution in [2.75, 3.05) is 19.6 Å². The molecule has 3 atom stereocenters. The van der Waals surface area contributed by atoms with E-state index in [0.29, 0.717) is 17.9 Å². The summed E-state index contributed by atoms with van der Waals surface area (Å²) in [6.07, 6.45) is 4.63. The van der Waals surface area contributed by atoms with Crippen molar-refractivity contribution in [3.05, 3.63) is 34.9 Å². The van der Waals surface area contributed by atoms with Crippen LogP contribution in [-0.4, -0.2) is 36.5 Å². The van der Waals surface area contributed by atoms with Crippen LogP contribution in [0, 0.1) is 11.8 Å². The van der Waals surface area contributed by atoms with E-state index in [1.807, 2.05) is 6.07 Å². The number of amides is 1. The molecule has 21 heavy (non-hydrogen) atoms. The van der Waals surface area contributed by atoms with Crippen LogP contribution >= 0.6 is 0 Å². The smallest absolute Gasteiger partial charge is 0.254 e. The van der Waals surface area contributed by atoms with Crippen LogP contribution in [0.5, 0.6) is 0 Å². The summed E-state index contributed by atoms with van der Waals surface area (Å²) in [6, 6.07) is 6.80. The van der Waals surface area contributed by atoms with Gasteiger partial charge in [-0.1, -0.05) is 13.0 Å². The second-order valence-electron chi connectivity index (χ2n) is 6.85. The molecule has 4 rings (SSSR count). The van der Waals surface area contributed by atoms with Gasteiger partial charge in [-0.25, -0.2) is 0 Å². The van der Waals surface area contributed by atoms with Crippen LogP contribution in [0.2, 0.25) is 0 Å². The molecular formula is C18H24N2O. The Balaban J connectivity index is 1.59. The highest BCUT2D eigenvalue weighted by molar-refractivity contribution is 5.95. The van der Waals surface area contributed by atoms with Crippen LogP contribution in [0.25, 0.3) is 0 Å². The van der Waals surface area contributed by atoms with Crippen molar-refractivity contribution < 1.29 is 4.79 Å². The molecule has 0 radical (unpaired) electrons. The van der Waals surface area contributed by atoms with Gasteiger partial charge in [-0.3, -0.25) is 4.79 Å². The summed E-state index contributed by atoms with van der Waals surface area (Å²) in [6.45, 7) is 5.31. The van der Waals surface area contributed by atoms with Crippen molar-refractivity contribution in [1.29, 1.82) is 0 Å². The first kappa shape index (κ1) is 13.3. The van der Waals surface area contributed by atoms with Gasteiger partial charge in [0, 0.05) is 31.2 Å². The van der Waals surface area contributed by atoms with Gasteiger partial charge >= 0.3 is 0 Å². The van der Waals surface area contributed by atoms with Gasteiger partial charge in [0.15, 0.2) is 0 Å². The Morgan fingerprint density at radius 3 is 3.00 bits per heavy atom. The lowest BCUT2D eigenvalue weighted by Crippen LogP contribution is -2.39. The van der Waals surface area contributed by atoms with Gasteiger partial charge in [-0.15, -0.1) is 0 Å². The number of likely N-dealkylation sites (tertiary alicyclic amines) is 1. The number of hydrogen-bond acceptors (Lipinski definition) is 2. The van der Waals surface area contributed by atoms with Crippen LogP contribution in [-0.2, 0) is 12.8 Å². The zero-order valence-electron chi connectivity index (χ0n) is 12.8. The summed E-state index contributed by atoms with van der Waals surface area (Å²) in [4.78, 5) is 15.1. The largest absolute Gasteiger partial charge is 0.335 e. The van der Waals surface area contributed by atoms with Crippen LogP contribution in [0.3, 0.4) is 0 Å². The third-order valence-corrected chi connectivity index (χ3v) is 5.74. The number of aryl methyl sites for hydroxylation is 2. The van der Waals surface area contributed by atoms with Gasteiger partial charge in [0.25, 0.3) is 5.91 Å². The minimum absolute atomic E-state index is 0.256. The lowest BCUT2D eigenvalue weighted by molar-refractivity contribution is 0.0711. The molecule has 2 fully saturated rings. The molecule has 2 heterocycles. The van der Waals surface area contributed by atoms with E-state index in [1.54, 1.807) is 0 Å². The second kappa shape index (κ2) is 5.13. The van der Waals surface area contributed by atoms with Gasteiger partial charge in [0.05, 0.1) is 0 Å². The number of nitrogens with one attached hydrogen (secondary N) is 1. The van der Waals surface area contributed by atoms with Crippen molar-refractivity contribution in [2.24, 2.45) is 11.8 Å². The average Bonchev–Trinajstić information content (AvgIpc) is 3.20. The van der Waals surface area contributed by atoms with Crippen LogP contribution < -0.4 is 5.32 Å². The van der Waals surface area contributed by atoms with E-state index >= 15 is 0 Å². The predicted molar refractivity (Wildman–Crippen MR) is 83.4 cm³/mol. The number of hydrogen-bond donors (Lipinski definition) is 1. The van der Waals surface area contributed by atoms with Crippen LogP contribution in [0.15, 0.2) is 18.2 Å². The van der Waals surface area contributed by atoms with Crippen LogP contribution in [0.1, 0.15) is 41.3 Å². The summed E-state index contributed by atoms with van der Waals surface area (Å²) >= 11 is 0. The highest BCUT2D eigenvalue weighted by Gasteiger charge is 2.45. The molecule has 0 spiro atoms. The molecule has 112 valence electrons. The molecule has 1 amide bonds. The molecule has 2 saturated heterocycles. The summed E-state index contributed by atoms with van der Waals surface area (Å²) in [5.74, 6) is 1.58. The molecule has 1 aromatic rings. The molecule has 1 N–H and O–H groups in total. The molecule has 3 aliphatic rings. The van der Waals surface area contributed by atoms with Crippen molar-refractivity contribution in [3.8, 4) is 0 Å². The fourth-order valence-electron chi connectivity index (χ4n) is 4.65. The molecule has 1 aliphatic carbocycles. The quantitative estimate of drug-likeness (QED) is 0.903. The Bertz CT molecular complexity index is 568. The summed E-state index contributed by atoms with van der Waals surface area (Å²) < 4.78 is 0.